The van der Waals surface area contributed by atoms with Crippen LogP contribution in [0.5, 0.6) is 0 Å². The summed E-state index contributed by atoms with van der Waals surface area (Å²) in [6, 6.07) is 6.06. The molecular weight excluding hydrogens is 254 g/mol. The monoisotopic (exact) mass is 277 g/mol. The number of nitrogens with two attached hydrogens (primary N) is 1. The SMILES string of the molecule is CCC1CN(c2cccc(C(=O)OC)c2N)CCN1C. The van der Waals surface area contributed by atoms with Crippen LogP contribution in [0.2, 0.25) is 0 Å². The van der Waals surface area contributed by atoms with Gasteiger partial charge in [-0.15, -0.1) is 0 Å². The van der Waals surface area contributed by atoms with Crippen molar-refractivity contribution >= 4 is 17.3 Å². The van der Waals surface area contributed by atoms with Gasteiger partial charge in [-0.3, -0.25) is 4.90 Å². The van der Waals surface area contributed by atoms with Gasteiger partial charge < -0.3 is 15.4 Å². The topological polar surface area (TPSA) is 58.8 Å². The minimum absolute atomic E-state index is 0.384. The summed E-state index contributed by atoms with van der Waals surface area (Å²) >= 11 is 0. The summed E-state index contributed by atoms with van der Waals surface area (Å²) in [7, 11) is 3.52. The van der Waals surface area contributed by atoms with Gasteiger partial charge in [0.05, 0.1) is 24.0 Å². The van der Waals surface area contributed by atoms with Gasteiger partial charge in [-0.1, -0.05) is 13.0 Å². The first-order valence-electron chi connectivity index (χ1n) is 7.00. The van der Waals surface area contributed by atoms with Crippen molar-refractivity contribution in [3.05, 3.63) is 23.8 Å². The van der Waals surface area contributed by atoms with Crippen molar-refractivity contribution in [3.63, 3.8) is 0 Å². The number of nitrogen functional groups attached to an aromatic ring is 1. The first kappa shape index (κ1) is 14.7. The average Bonchev–Trinajstić information content (AvgIpc) is 2.47. The highest BCUT2D eigenvalue weighted by Crippen LogP contribution is 2.29. The quantitative estimate of drug-likeness (QED) is 0.671. The molecule has 1 aliphatic heterocycles. The maximum atomic E-state index is 11.7. The molecular formula is C15H23N3O2. The lowest BCUT2D eigenvalue weighted by molar-refractivity contribution is 0.0602. The minimum atomic E-state index is -0.384. The van der Waals surface area contributed by atoms with Gasteiger partial charge in [0, 0.05) is 25.7 Å². The van der Waals surface area contributed by atoms with Crippen LogP contribution in [0.1, 0.15) is 23.7 Å². The third-order valence-electron chi connectivity index (χ3n) is 4.08. The maximum absolute atomic E-state index is 11.7. The summed E-state index contributed by atoms with van der Waals surface area (Å²) in [5.41, 5.74) is 8.04. The molecule has 0 saturated carbocycles. The van der Waals surface area contributed by atoms with Crippen LogP contribution in [0.25, 0.3) is 0 Å². The van der Waals surface area contributed by atoms with Crippen molar-refractivity contribution in [1.82, 2.24) is 4.90 Å². The van der Waals surface area contributed by atoms with E-state index in [1.165, 1.54) is 7.11 Å². The summed E-state index contributed by atoms with van der Waals surface area (Å²) < 4.78 is 4.77. The fourth-order valence-electron chi connectivity index (χ4n) is 2.72. The molecule has 0 aromatic heterocycles. The third kappa shape index (κ3) is 2.72. The number of hydrogen-bond acceptors (Lipinski definition) is 5. The summed E-state index contributed by atoms with van der Waals surface area (Å²) in [5, 5.41) is 0. The zero-order valence-electron chi connectivity index (χ0n) is 12.4. The predicted molar refractivity (Wildman–Crippen MR) is 81.1 cm³/mol. The van der Waals surface area contributed by atoms with Crippen LogP contribution in [-0.4, -0.2) is 50.7 Å². The Bertz CT molecular complexity index is 490. The standard InChI is InChI=1S/C15H23N3O2/c1-4-11-10-18(9-8-17(11)2)13-7-5-6-12(14(13)16)15(19)20-3/h5-7,11H,4,8-10,16H2,1-3H3. The number of benzene rings is 1. The Kier molecular flexibility index (Phi) is 4.49. The summed E-state index contributed by atoms with van der Waals surface area (Å²) in [4.78, 5) is 16.3. The Labute approximate surface area is 120 Å². The van der Waals surface area contributed by atoms with Crippen molar-refractivity contribution in [3.8, 4) is 0 Å². The number of anilines is 2. The summed E-state index contributed by atoms with van der Waals surface area (Å²) in [6.07, 6.45) is 1.10. The highest BCUT2D eigenvalue weighted by atomic mass is 16.5. The largest absolute Gasteiger partial charge is 0.465 e. The van der Waals surface area contributed by atoms with E-state index in [9.17, 15) is 4.79 Å². The smallest absolute Gasteiger partial charge is 0.340 e. The average molecular weight is 277 g/mol. The molecule has 5 nitrogen and oxygen atoms in total. The van der Waals surface area contributed by atoms with Crippen LogP contribution >= 0.6 is 0 Å². The normalized spacial score (nSPS) is 19.9. The molecule has 0 radical (unpaired) electrons. The molecule has 0 bridgehead atoms. The molecule has 110 valence electrons. The number of hydrogen-bond donors (Lipinski definition) is 1. The second-order valence-electron chi connectivity index (χ2n) is 5.22. The number of carbonyl (C=O) groups excluding carboxylic acids is 1. The fraction of sp³-hybridized carbons (Fsp3) is 0.533. The van der Waals surface area contributed by atoms with E-state index in [0.717, 1.165) is 31.7 Å². The predicted octanol–water partition coefficient (Wildman–Crippen LogP) is 1.59. The number of ether oxygens (including phenoxy) is 1. The molecule has 2 N–H and O–H groups in total. The zero-order chi connectivity index (χ0) is 14.7. The summed E-state index contributed by atoms with van der Waals surface area (Å²) in [6.45, 7) is 5.04. The molecule has 5 heteroatoms. The van der Waals surface area contributed by atoms with E-state index in [0.29, 0.717) is 17.3 Å². The van der Waals surface area contributed by atoms with E-state index in [1.807, 2.05) is 12.1 Å². The van der Waals surface area contributed by atoms with E-state index in [2.05, 4.69) is 23.8 Å². The number of esters is 1. The van der Waals surface area contributed by atoms with Crippen LogP contribution in [0.3, 0.4) is 0 Å². The van der Waals surface area contributed by atoms with Crippen molar-refractivity contribution in [2.24, 2.45) is 0 Å². The van der Waals surface area contributed by atoms with E-state index in [4.69, 9.17) is 10.5 Å². The zero-order valence-corrected chi connectivity index (χ0v) is 12.4. The van der Waals surface area contributed by atoms with Crippen LogP contribution in [0, 0.1) is 0 Å². The second-order valence-corrected chi connectivity index (χ2v) is 5.22. The van der Waals surface area contributed by atoms with Crippen LogP contribution in [0.15, 0.2) is 18.2 Å². The Morgan fingerprint density at radius 1 is 1.45 bits per heavy atom. The summed E-state index contributed by atoms with van der Waals surface area (Å²) in [5.74, 6) is -0.384. The van der Waals surface area contributed by atoms with E-state index in [1.54, 1.807) is 6.07 Å². The lowest BCUT2D eigenvalue weighted by Gasteiger charge is -2.40. The first-order chi connectivity index (χ1) is 9.58. The van der Waals surface area contributed by atoms with Gasteiger partial charge >= 0.3 is 5.97 Å². The van der Waals surface area contributed by atoms with Crippen molar-refractivity contribution < 1.29 is 9.53 Å². The Morgan fingerprint density at radius 3 is 2.85 bits per heavy atom. The Balaban J connectivity index is 2.27. The van der Waals surface area contributed by atoms with Crippen LogP contribution in [-0.2, 0) is 4.74 Å². The van der Waals surface area contributed by atoms with Gasteiger partial charge in [-0.25, -0.2) is 4.79 Å². The van der Waals surface area contributed by atoms with Gasteiger partial charge in [0.1, 0.15) is 0 Å². The molecule has 1 aromatic carbocycles. The lowest BCUT2D eigenvalue weighted by Crippen LogP contribution is -2.51. The molecule has 1 aromatic rings. The van der Waals surface area contributed by atoms with Gasteiger partial charge in [0.15, 0.2) is 0 Å². The van der Waals surface area contributed by atoms with Crippen molar-refractivity contribution in [2.75, 3.05) is 44.4 Å². The number of rotatable bonds is 3. The fourth-order valence-corrected chi connectivity index (χ4v) is 2.72. The third-order valence-corrected chi connectivity index (χ3v) is 4.08. The Hall–Kier alpha value is -1.75. The molecule has 1 saturated heterocycles. The molecule has 1 aliphatic rings. The molecule has 2 rings (SSSR count). The number of nitrogens with zero attached hydrogens (tertiary/aromatic N) is 2. The van der Waals surface area contributed by atoms with Gasteiger partial charge in [-0.05, 0) is 25.6 Å². The second kappa shape index (κ2) is 6.13. The number of piperazine rings is 1. The van der Waals surface area contributed by atoms with E-state index < -0.39 is 0 Å². The van der Waals surface area contributed by atoms with Crippen molar-refractivity contribution in [1.29, 1.82) is 0 Å². The molecule has 20 heavy (non-hydrogen) atoms. The van der Waals surface area contributed by atoms with Crippen LogP contribution < -0.4 is 10.6 Å². The number of carbonyl (C=O) groups is 1. The molecule has 1 heterocycles. The van der Waals surface area contributed by atoms with Gasteiger partial charge in [0.25, 0.3) is 0 Å². The Morgan fingerprint density at radius 2 is 2.20 bits per heavy atom. The lowest BCUT2D eigenvalue weighted by atomic mass is 10.1. The van der Waals surface area contributed by atoms with Crippen molar-refractivity contribution in [2.45, 2.75) is 19.4 Å². The highest BCUT2D eigenvalue weighted by molar-refractivity contribution is 5.98. The number of methoxy groups -OCH3 is 1. The minimum Gasteiger partial charge on any atom is -0.465 e. The maximum Gasteiger partial charge on any atom is 0.340 e. The molecule has 0 aliphatic carbocycles. The van der Waals surface area contributed by atoms with Crippen LogP contribution in [0.4, 0.5) is 11.4 Å². The number of para-hydroxylation sites is 1. The molecule has 1 fully saturated rings. The first-order valence-corrected chi connectivity index (χ1v) is 7.00. The van der Waals surface area contributed by atoms with E-state index >= 15 is 0 Å². The molecule has 0 amide bonds. The molecule has 0 spiro atoms. The number of likely N-dealkylation sites (N-methyl/N-ethyl adjacent to an activating group) is 1. The molecule has 1 unspecified atom stereocenters. The molecule has 1 atom stereocenters. The highest BCUT2D eigenvalue weighted by Gasteiger charge is 2.25. The van der Waals surface area contributed by atoms with Gasteiger partial charge in [0.2, 0.25) is 0 Å². The van der Waals surface area contributed by atoms with Gasteiger partial charge in [-0.2, -0.15) is 0 Å². The van der Waals surface area contributed by atoms with E-state index in [-0.39, 0.29) is 5.97 Å².